The van der Waals surface area contributed by atoms with Crippen molar-refractivity contribution in [3.63, 3.8) is 0 Å². The molecule has 32 heavy (non-hydrogen) atoms. The fraction of sp³-hybridized carbons (Fsp3) is 0.333. The smallest absolute Gasteiger partial charge is 0.325 e. The lowest BCUT2D eigenvalue weighted by Crippen LogP contribution is -2.49. The van der Waals surface area contributed by atoms with Crippen LogP contribution in [0.4, 0.5) is 11.4 Å². The number of H-pyrrole nitrogens is 1. The number of nitrogens with one attached hydrogen (secondary N) is 2. The third-order valence-corrected chi connectivity index (χ3v) is 6.12. The first-order valence-electron chi connectivity index (χ1n) is 10.7. The molecule has 1 aromatic heterocycles. The number of halogens is 1. The maximum atomic E-state index is 12.3. The molecular formula is C24H27ClN4O3. The maximum absolute atomic E-state index is 12.3. The van der Waals surface area contributed by atoms with E-state index < -0.39 is 12.0 Å². The Labute approximate surface area is 192 Å². The summed E-state index contributed by atoms with van der Waals surface area (Å²) in [5, 5.41) is 14.5. The van der Waals surface area contributed by atoms with Crippen molar-refractivity contribution >= 4 is 45.8 Å². The quantitative estimate of drug-likeness (QED) is 0.515. The zero-order valence-corrected chi connectivity index (χ0v) is 18.9. The fourth-order valence-electron chi connectivity index (χ4n) is 4.14. The van der Waals surface area contributed by atoms with Crippen LogP contribution in [0.25, 0.3) is 10.9 Å². The van der Waals surface area contributed by atoms with E-state index in [4.69, 9.17) is 11.6 Å². The number of fused-ring (bicyclic) bond motifs is 1. The largest absolute Gasteiger partial charge is 0.480 e. The second-order valence-electron chi connectivity index (χ2n) is 8.39. The van der Waals surface area contributed by atoms with Crippen LogP contribution in [0.15, 0.2) is 48.7 Å². The molecule has 0 aliphatic carbocycles. The summed E-state index contributed by atoms with van der Waals surface area (Å²) >= 11 is 6.12. The summed E-state index contributed by atoms with van der Waals surface area (Å²) in [7, 11) is 0. The van der Waals surface area contributed by atoms with Crippen LogP contribution in [-0.4, -0.2) is 53.0 Å². The third kappa shape index (κ3) is 4.59. The maximum Gasteiger partial charge on any atom is 0.325 e. The number of carbonyl (C=O) groups excluding carboxylic acids is 1. The van der Waals surface area contributed by atoms with Crippen molar-refractivity contribution in [3.05, 3.63) is 59.2 Å². The number of aromatic nitrogens is 1. The summed E-state index contributed by atoms with van der Waals surface area (Å²) in [4.78, 5) is 31.7. The molecule has 3 aromatic rings. The van der Waals surface area contributed by atoms with Gasteiger partial charge in [-0.3, -0.25) is 14.5 Å². The van der Waals surface area contributed by atoms with Crippen LogP contribution in [-0.2, 0) is 9.59 Å². The topological polar surface area (TPSA) is 88.7 Å². The van der Waals surface area contributed by atoms with Crippen molar-refractivity contribution in [1.82, 2.24) is 9.88 Å². The number of hydrogen-bond acceptors (Lipinski definition) is 4. The van der Waals surface area contributed by atoms with E-state index in [1.165, 1.54) is 0 Å². The molecule has 0 unspecified atom stereocenters. The van der Waals surface area contributed by atoms with Crippen molar-refractivity contribution < 1.29 is 14.7 Å². The van der Waals surface area contributed by atoms with Gasteiger partial charge in [0.15, 0.2) is 0 Å². The van der Waals surface area contributed by atoms with Crippen LogP contribution in [0.3, 0.4) is 0 Å². The first kappa shape index (κ1) is 22.2. The summed E-state index contributed by atoms with van der Waals surface area (Å²) in [5.41, 5.74) is 3.26. The van der Waals surface area contributed by atoms with Crippen molar-refractivity contribution in [3.8, 4) is 0 Å². The molecule has 3 N–H and O–H groups in total. The van der Waals surface area contributed by atoms with Crippen LogP contribution in [0.1, 0.15) is 25.5 Å². The minimum atomic E-state index is -0.876. The van der Waals surface area contributed by atoms with Gasteiger partial charge in [0, 0.05) is 71.2 Å². The van der Waals surface area contributed by atoms with Crippen molar-refractivity contribution in [2.45, 2.75) is 19.9 Å². The molecule has 1 saturated heterocycles. The number of nitrogens with zero attached hydrogens (tertiary/aromatic N) is 2. The highest BCUT2D eigenvalue weighted by Gasteiger charge is 2.32. The van der Waals surface area contributed by atoms with Crippen molar-refractivity contribution in [1.29, 1.82) is 0 Å². The van der Waals surface area contributed by atoms with Crippen molar-refractivity contribution in [2.24, 2.45) is 5.92 Å². The third-order valence-electron chi connectivity index (χ3n) is 5.89. The van der Waals surface area contributed by atoms with Crippen molar-refractivity contribution in [2.75, 3.05) is 36.4 Å². The van der Waals surface area contributed by atoms with Gasteiger partial charge in [0.2, 0.25) is 5.91 Å². The van der Waals surface area contributed by atoms with Gasteiger partial charge in [-0.15, -0.1) is 0 Å². The van der Waals surface area contributed by atoms with Gasteiger partial charge >= 0.3 is 5.97 Å². The van der Waals surface area contributed by atoms with E-state index in [-0.39, 0.29) is 11.8 Å². The van der Waals surface area contributed by atoms with E-state index in [1.807, 2.05) is 61.2 Å². The predicted molar refractivity (Wildman–Crippen MR) is 127 cm³/mol. The molecule has 4 rings (SSSR count). The number of amides is 1. The molecule has 0 spiro atoms. The van der Waals surface area contributed by atoms with E-state index in [9.17, 15) is 14.7 Å². The molecule has 0 radical (unpaired) electrons. The summed E-state index contributed by atoms with van der Waals surface area (Å²) in [6.45, 7) is 6.36. The number of rotatable bonds is 6. The second-order valence-corrected chi connectivity index (χ2v) is 8.83. The minimum absolute atomic E-state index is 0.0582. The summed E-state index contributed by atoms with van der Waals surface area (Å²) in [6.07, 6.45) is 1.76. The van der Waals surface area contributed by atoms with Gasteiger partial charge in [-0.25, -0.2) is 0 Å². The SMILES string of the molecule is CC(C)C(=O)Nc1ccc2c([C@H](C(=O)O)N3CCN(c4cccc(Cl)c4)CC3)c[nH]c2c1. The second kappa shape index (κ2) is 9.22. The van der Waals surface area contributed by atoms with E-state index >= 15 is 0 Å². The van der Waals surface area contributed by atoms with Gasteiger partial charge in [-0.2, -0.15) is 0 Å². The van der Waals surface area contributed by atoms with Gasteiger partial charge < -0.3 is 20.3 Å². The average Bonchev–Trinajstić information content (AvgIpc) is 3.17. The Morgan fingerprint density at radius 1 is 1.09 bits per heavy atom. The minimum Gasteiger partial charge on any atom is -0.480 e. The fourth-order valence-corrected chi connectivity index (χ4v) is 4.32. The standard InChI is InChI=1S/C24H27ClN4O3/c1-15(2)23(30)27-17-6-7-19-20(14-26-21(19)13-17)22(24(31)32)29-10-8-28(9-11-29)18-5-3-4-16(25)12-18/h3-7,12-15,22,26H,8-11H2,1-2H3,(H,27,30)(H,31,32)/t22-/m1/s1. The molecule has 1 aliphatic rings. The number of aliphatic carboxylic acids is 1. The normalized spacial score (nSPS) is 15.8. The predicted octanol–water partition coefficient (Wildman–Crippen LogP) is 4.36. The summed E-state index contributed by atoms with van der Waals surface area (Å²) < 4.78 is 0. The molecule has 0 bridgehead atoms. The van der Waals surface area contributed by atoms with E-state index in [1.54, 1.807) is 6.20 Å². The molecule has 1 amide bonds. The van der Waals surface area contributed by atoms with Gasteiger partial charge in [0.25, 0.3) is 0 Å². The Morgan fingerprint density at radius 2 is 1.84 bits per heavy atom. The molecule has 1 aliphatic heterocycles. The Balaban J connectivity index is 1.53. The van der Waals surface area contributed by atoms with E-state index in [0.29, 0.717) is 23.8 Å². The molecule has 2 aromatic carbocycles. The number of benzene rings is 2. The molecule has 1 atom stereocenters. The Hall–Kier alpha value is -3.03. The van der Waals surface area contributed by atoms with Crippen LogP contribution >= 0.6 is 11.6 Å². The number of carbonyl (C=O) groups is 2. The Bertz CT molecular complexity index is 1140. The summed E-state index contributed by atoms with van der Waals surface area (Å²) in [5.74, 6) is -1.05. The highest BCUT2D eigenvalue weighted by atomic mass is 35.5. The Kier molecular flexibility index (Phi) is 6.39. The molecule has 8 heteroatoms. The molecule has 2 heterocycles. The molecule has 7 nitrogen and oxygen atoms in total. The monoisotopic (exact) mass is 454 g/mol. The number of carboxylic acid groups (broad SMARTS) is 1. The summed E-state index contributed by atoms with van der Waals surface area (Å²) in [6, 6.07) is 12.5. The number of aromatic amines is 1. The highest BCUT2D eigenvalue weighted by molar-refractivity contribution is 6.30. The van der Waals surface area contributed by atoms with Crippen LogP contribution in [0.5, 0.6) is 0 Å². The lowest BCUT2D eigenvalue weighted by atomic mass is 10.0. The molecule has 1 fully saturated rings. The van der Waals surface area contributed by atoms with Gasteiger partial charge in [-0.05, 0) is 30.3 Å². The lowest BCUT2D eigenvalue weighted by Gasteiger charge is -2.38. The van der Waals surface area contributed by atoms with Crippen LogP contribution in [0.2, 0.25) is 5.02 Å². The van der Waals surface area contributed by atoms with Gasteiger partial charge in [0.05, 0.1) is 0 Å². The molecule has 168 valence electrons. The first-order valence-corrected chi connectivity index (χ1v) is 11.1. The number of hydrogen-bond donors (Lipinski definition) is 3. The number of piperazine rings is 1. The van der Waals surface area contributed by atoms with Crippen LogP contribution in [0, 0.1) is 5.92 Å². The highest BCUT2D eigenvalue weighted by Crippen LogP contribution is 2.32. The molecular weight excluding hydrogens is 428 g/mol. The zero-order chi connectivity index (χ0) is 22.8. The van der Waals surface area contributed by atoms with E-state index in [0.717, 1.165) is 35.2 Å². The first-order chi connectivity index (χ1) is 15.3. The Morgan fingerprint density at radius 3 is 2.50 bits per heavy atom. The number of anilines is 2. The average molecular weight is 455 g/mol. The zero-order valence-electron chi connectivity index (χ0n) is 18.1. The molecule has 0 saturated carbocycles. The van der Waals surface area contributed by atoms with Gasteiger partial charge in [-0.1, -0.05) is 37.6 Å². The number of carboxylic acids is 1. The van der Waals surface area contributed by atoms with E-state index in [2.05, 4.69) is 15.2 Å². The van der Waals surface area contributed by atoms with Gasteiger partial charge in [0.1, 0.15) is 6.04 Å². The van der Waals surface area contributed by atoms with Crippen LogP contribution < -0.4 is 10.2 Å². The lowest BCUT2D eigenvalue weighted by molar-refractivity contribution is -0.143.